The molecule has 2 aromatic carbocycles. The van der Waals surface area contributed by atoms with Gasteiger partial charge in [0.05, 0.1) is 0 Å². The number of hydrogen-bond acceptors (Lipinski definition) is 2. The largest absolute Gasteiger partial charge is 0.327 e. The predicted octanol–water partition coefficient (Wildman–Crippen LogP) is 3.98. The van der Waals surface area contributed by atoms with E-state index in [1.165, 1.54) is 16.5 Å². The highest BCUT2D eigenvalue weighted by Gasteiger charge is 2.24. The van der Waals surface area contributed by atoms with Crippen LogP contribution in [0.25, 0.3) is 0 Å². The summed E-state index contributed by atoms with van der Waals surface area (Å²) in [5.41, 5.74) is 8.67. The summed E-state index contributed by atoms with van der Waals surface area (Å²) in [5.74, 6) is 1.45. The average Bonchev–Trinajstić information content (AvgIpc) is 2.82. The fourth-order valence-electron chi connectivity index (χ4n) is 2.84. The van der Waals surface area contributed by atoms with Gasteiger partial charge in [-0.05, 0) is 48.1 Å². The zero-order valence-corrected chi connectivity index (χ0v) is 12.1. The Morgan fingerprint density at radius 2 is 2.05 bits per heavy atom. The smallest absolute Gasteiger partial charge is 0.123 e. The van der Waals surface area contributed by atoms with Crippen LogP contribution in [0.3, 0.4) is 0 Å². The molecular weight excluding hydrogens is 269 g/mol. The number of thioether (sulfide) groups is 1. The summed E-state index contributed by atoms with van der Waals surface area (Å²) >= 11 is 1.91. The lowest BCUT2D eigenvalue weighted by Crippen LogP contribution is -2.25. The van der Waals surface area contributed by atoms with Crippen LogP contribution in [0, 0.1) is 5.82 Å². The molecule has 104 valence electrons. The second kappa shape index (κ2) is 5.98. The van der Waals surface area contributed by atoms with Gasteiger partial charge in [-0.15, -0.1) is 11.8 Å². The molecular formula is C17H18FNS. The van der Waals surface area contributed by atoms with Crippen molar-refractivity contribution >= 4 is 11.8 Å². The Kier molecular flexibility index (Phi) is 4.08. The van der Waals surface area contributed by atoms with Crippen molar-refractivity contribution in [2.45, 2.75) is 29.7 Å². The maximum absolute atomic E-state index is 13.2. The van der Waals surface area contributed by atoms with E-state index in [2.05, 4.69) is 24.3 Å². The highest BCUT2D eigenvalue weighted by atomic mass is 32.2. The lowest BCUT2D eigenvalue weighted by atomic mass is 9.91. The summed E-state index contributed by atoms with van der Waals surface area (Å²) in [4.78, 5) is 1.38. The van der Waals surface area contributed by atoms with E-state index in [0.29, 0.717) is 5.92 Å². The summed E-state index contributed by atoms with van der Waals surface area (Å²) in [6.07, 6.45) is 1.70. The van der Waals surface area contributed by atoms with Crippen molar-refractivity contribution in [2.24, 2.45) is 5.73 Å². The van der Waals surface area contributed by atoms with E-state index in [4.69, 9.17) is 5.73 Å². The Labute approximate surface area is 123 Å². The molecule has 1 heterocycles. The summed E-state index contributed by atoms with van der Waals surface area (Å²) in [6, 6.07) is 15.4. The van der Waals surface area contributed by atoms with E-state index in [1.54, 1.807) is 12.1 Å². The van der Waals surface area contributed by atoms with Gasteiger partial charge in [0.1, 0.15) is 5.82 Å². The topological polar surface area (TPSA) is 26.0 Å². The molecule has 3 rings (SSSR count). The molecule has 1 aliphatic rings. The molecule has 2 aromatic rings. The first-order valence-corrected chi connectivity index (χ1v) is 7.92. The normalized spacial score (nSPS) is 18.8. The molecule has 2 unspecified atom stereocenters. The van der Waals surface area contributed by atoms with Crippen LogP contribution >= 0.6 is 11.8 Å². The van der Waals surface area contributed by atoms with Gasteiger partial charge in [-0.2, -0.15) is 0 Å². The first-order valence-electron chi connectivity index (χ1n) is 6.94. The van der Waals surface area contributed by atoms with E-state index >= 15 is 0 Å². The standard InChI is InChI=1S/C17H18FNS/c18-14-5-3-4-12(8-14)9-15(19)10-13-11-20-17-7-2-1-6-16(13)17/h1-8,13,15H,9-11,19H2. The summed E-state index contributed by atoms with van der Waals surface area (Å²) in [6.45, 7) is 0. The van der Waals surface area contributed by atoms with Crippen molar-refractivity contribution in [3.63, 3.8) is 0 Å². The van der Waals surface area contributed by atoms with E-state index in [0.717, 1.165) is 24.2 Å². The van der Waals surface area contributed by atoms with Crippen LogP contribution in [0.15, 0.2) is 53.4 Å². The maximum atomic E-state index is 13.2. The minimum Gasteiger partial charge on any atom is -0.327 e. The summed E-state index contributed by atoms with van der Waals surface area (Å²) < 4.78 is 13.2. The van der Waals surface area contributed by atoms with Gasteiger partial charge < -0.3 is 5.73 Å². The number of hydrogen-bond donors (Lipinski definition) is 1. The van der Waals surface area contributed by atoms with Crippen molar-refractivity contribution in [3.8, 4) is 0 Å². The second-order valence-electron chi connectivity index (χ2n) is 5.38. The van der Waals surface area contributed by atoms with Crippen LogP contribution in [0.1, 0.15) is 23.5 Å². The van der Waals surface area contributed by atoms with Crippen LogP contribution in [0.2, 0.25) is 0 Å². The second-order valence-corrected chi connectivity index (χ2v) is 6.44. The molecule has 0 saturated carbocycles. The molecule has 1 nitrogen and oxygen atoms in total. The minimum absolute atomic E-state index is 0.0774. The molecule has 0 amide bonds. The molecule has 0 fully saturated rings. The monoisotopic (exact) mass is 287 g/mol. The first kappa shape index (κ1) is 13.7. The molecule has 0 aliphatic carbocycles. The SMILES string of the molecule is NC(Cc1cccc(F)c1)CC1CSc2ccccc21. The number of nitrogens with two attached hydrogens (primary N) is 1. The maximum Gasteiger partial charge on any atom is 0.123 e. The van der Waals surface area contributed by atoms with Gasteiger partial charge in [0.15, 0.2) is 0 Å². The molecule has 0 aromatic heterocycles. The highest BCUT2D eigenvalue weighted by molar-refractivity contribution is 7.99. The number of rotatable bonds is 4. The molecule has 1 aliphatic heterocycles. The quantitative estimate of drug-likeness (QED) is 0.920. The fourth-order valence-corrected chi connectivity index (χ4v) is 4.11. The molecule has 20 heavy (non-hydrogen) atoms. The van der Waals surface area contributed by atoms with Crippen LogP contribution in [-0.4, -0.2) is 11.8 Å². The van der Waals surface area contributed by atoms with Crippen molar-refractivity contribution in [1.82, 2.24) is 0 Å². The molecule has 2 atom stereocenters. The van der Waals surface area contributed by atoms with Gasteiger partial charge in [0, 0.05) is 16.7 Å². The Hall–Kier alpha value is -1.32. The molecule has 0 radical (unpaired) electrons. The number of benzene rings is 2. The molecule has 0 saturated heterocycles. The molecule has 3 heteroatoms. The minimum atomic E-state index is -0.184. The zero-order valence-electron chi connectivity index (χ0n) is 11.3. The Bertz CT molecular complexity index is 599. The van der Waals surface area contributed by atoms with Crippen LogP contribution in [0.5, 0.6) is 0 Å². The fraction of sp³-hybridized carbons (Fsp3) is 0.294. The number of fused-ring (bicyclic) bond motifs is 1. The van der Waals surface area contributed by atoms with Gasteiger partial charge in [-0.25, -0.2) is 4.39 Å². The molecule has 2 N–H and O–H groups in total. The summed E-state index contributed by atoms with van der Waals surface area (Å²) in [5, 5.41) is 0. The molecule has 0 bridgehead atoms. The van der Waals surface area contributed by atoms with Crippen molar-refractivity contribution in [2.75, 3.05) is 5.75 Å². The van der Waals surface area contributed by atoms with E-state index in [9.17, 15) is 4.39 Å². The Balaban J connectivity index is 1.64. The van der Waals surface area contributed by atoms with Crippen molar-refractivity contribution in [1.29, 1.82) is 0 Å². The van der Waals surface area contributed by atoms with Gasteiger partial charge >= 0.3 is 0 Å². The van der Waals surface area contributed by atoms with Crippen LogP contribution in [-0.2, 0) is 6.42 Å². The van der Waals surface area contributed by atoms with Gasteiger partial charge in [0.2, 0.25) is 0 Å². The van der Waals surface area contributed by atoms with E-state index in [1.807, 2.05) is 17.8 Å². The number of halogens is 1. The Morgan fingerprint density at radius 1 is 1.20 bits per heavy atom. The third kappa shape index (κ3) is 3.05. The Morgan fingerprint density at radius 3 is 2.90 bits per heavy atom. The lowest BCUT2D eigenvalue weighted by molar-refractivity contribution is 0.551. The van der Waals surface area contributed by atoms with E-state index in [-0.39, 0.29) is 11.9 Å². The third-order valence-electron chi connectivity index (χ3n) is 3.77. The van der Waals surface area contributed by atoms with Gasteiger partial charge in [-0.1, -0.05) is 30.3 Å². The zero-order chi connectivity index (χ0) is 13.9. The van der Waals surface area contributed by atoms with Crippen molar-refractivity contribution in [3.05, 3.63) is 65.5 Å². The predicted molar refractivity (Wildman–Crippen MR) is 82.6 cm³/mol. The third-order valence-corrected chi connectivity index (χ3v) is 5.02. The van der Waals surface area contributed by atoms with Gasteiger partial charge in [0.25, 0.3) is 0 Å². The van der Waals surface area contributed by atoms with Crippen molar-refractivity contribution < 1.29 is 4.39 Å². The lowest BCUT2D eigenvalue weighted by Gasteiger charge is -2.17. The summed E-state index contributed by atoms with van der Waals surface area (Å²) in [7, 11) is 0. The first-order chi connectivity index (χ1) is 9.72. The average molecular weight is 287 g/mol. The van der Waals surface area contributed by atoms with E-state index < -0.39 is 0 Å². The van der Waals surface area contributed by atoms with Crippen LogP contribution in [0.4, 0.5) is 4.39 Å². The molecule has 0 spiro atoms. The highest BCUT2D eigenvalue weighted by Crippen LogP contribution is 2.41. The van der Waals surface area contributed by atoms with Crippen LogP contribution < -0.4 is 5.73 Å². The van der Waals surface area contributed by atoms with Gasteiger partial charge in [-0.3, -0.25) is 0 Å².